The van der Waals surface area contributed by atoms with Gasteiger partial charge in [0.1, 0.15) is 0 Å². The summed E-state index contributed by atoms with van der Waals surface area (Å²) in [5.41, 5.74) is 0.596. The zero-order chi connectivity index (χ0) is 13.7. The van der Waals surface area contributed by atoms with E-state index < -0.39 is 0 Å². The molecule has 2 heteroatoms. The molecule has 0 aromatic heterocycles. The molecular formula is C17H34N2. The van der Waals surface area contributed by atoms with Gasteiger partial charge in [0.15, 0.2) is 0 Å². The first kappa shape index (κ1) is 15.3. The van der Waals surface area contributed by atoms with Crippen LogP contribution in [-0.2, 0) is 0 Å². The lowest BCUT2D eigenvalue weighted by Crippen LogP contribution is -2.46. The largest absolute Gasteiger partial charge is 0.313 e. The minimum absolute atomic E-state index is 0.596. The normalized spacial score (nSPS) is 28.1. The van der Waals surface area contributed by atoms with E-state index >= 15 is 0 Å². The Kier molecular flexibility index (Phi) is 5.70. The third kappa shape index (κ3) is 4.75. The van der Waals surface area contributed by atoms with Crippen molar-refractivity contribution >= 4 is 0 Å². The number of rotatable bonds is 6. The summed E-state index contributed by atoms with van der Waals surface area (Å²) in [6.45, 7) is 11.1. The summed E-state index contributed by atoms with van der Waals surface area (Å²) in [5.74, 6) is 0. The van der Waals surface area contributed by atoms with Crippen molar-refractivity contribution in [2.45, 2.75) is 84.2 Å². The van der Waals surface area contributed by atoms with E-state index in [4.69, 9.17) is 0 Å². The number of hydrogen-bond acceptors (Lipinski definition) is 2. The molecule has 0 spiro atoms. The standard InChI is InChI=1S/C17H34N2/c1-4-5-13-19(14-15-7-6-12-18-15)16-8-10-17(2,3)11-9-16/h15-16,18H,4-14H2,1-3H3. The Morgan fingerprint density at radius 2 is 1.89 bits per heavy atom. The summed E-state index contributed by atoms with van der Waals surface area (Å²) in [4.78, 5) is 2.82. The van der Waals surface area contributed by atoms with Crippen molar-refractivity contribution in [2.75, 3.05) is 19.6 Å². The second-order valence-corrected chi connectivity index (χ2v) is 7.54. The molecule has 1 saturated carbocycles. The molecule has 0 radical (unpaired) electrons. The molecule has 0 bridgehead atoms. The summed E-state index contributed by atoms with van der Waals surface area (Å²) in [6, 6.07) is 1.63. The molecule has 2 rings (SSSR count). The van der Waals surface area contributed by atoms with E-state index in [1.54, 1.807) is 0 Å². The molecular weight excluding hydrogens is 232 g/mol. The molecule has 1 heterocycles. The molecule has 2 nitrogen and oxygen atoms in total. The quantitative estimate of drug-likeness (QED) is 0.786. The Balaban J connectivity index is 1.85. The van der Waals surface area contributed by atoms with E-state index in [-0.39, 0.29) is 0 Å². The van der Waals surface area contributed by atoms with Crippen LogP contribution in [-0.4, -0.2) is 36.6 Å². The van der Waals surface area contributed by atoms with E-state index in [2.05, 4.69) is 31.0 Å². The van der Waals surface area contributed by atoms with E-state index in [1.807, 2.05) is 0 Å². The molecule has 0 aromatic carbocycles. The summed E-state index contributed by atoms with van der Waals surface area (Å²) in [7, 11) is 0. The molecule has 2 aliphatic rings. The second-order valence-electron chi connectivity index (χ2n) is 7.54. The van der Waals surface area contributed by atoms with Crippen molar-refractivity contribution in [1.29, 1.82) is 0 Å². The van der Waals surface area contributed by atoms with Crippen LogP contribution < -0.4 is 5.32 Å². The molecule has 112 valence electrons. The number of nitrogens with zero attached hydrogens (tertiary/aromatic N) is 1. The lowest BCUT2D eigenvalue weighted by molar-refractivity contribution is 0.0982. The minimum Gasteiger partial charge on any atom is -0.313 e. The van der Waals surface area contributed by atoms with E-state index in [0.717, 1.165) is 12.1 Å². The molecule has 0 aromatic rings. The number of unbranched alkanes of at least 4 members (excludes halogenated alkanes) is 1. The van der Waals surface area contributed by atoms with Gasteiger partial charge >= 0.3 is 0 Å². The predicted molar refractivity (Wildman–Crippen MR) is 83.5 cm³/mol. The Morgan fingerprint density at radius 1 is 1.16 bits per heavy atom. The van der Waals surface area contributed by atoms with Crippen LogP contribution in [0.15, 0.2) is 0 Å². The lowest BCUT2D eigenvalue weighted by atomic mass is 9.75. The van der Waals surface area contributed by atoms with Crippen LogP contribution in [0.5, 0.6) is 0 Å². The maximum Gasteiger partial charge on any atom is 0.0195 e. The highest BCUT2D eigenvalue weighted by Gasteiger charge is 2.31. The summed E-state index contributed by atoms with van der Waals surface area (Å²) in [5, 5.41) is 3.68. The van der Waals surface area contributed by atoms with Crippen LogP contribution in [0.1, 0.15) is 72.1 Å². The maximum absolute atomic E-state index is 3.68. The van der Waals surface area contributed by atoms with Crippen molar-refractivity contribution < 1.29 is 0 Å². The van der Waals surface area contributed by atoms with Crippen molar-refractivity contribution in [3.8, 4) is 0 Å². The fraction of sp³-hybridized carbons (Fsp3) is 1.00. The van der Waals surface area contributed by atoms with Gasteiger partial charge in [-0.15, -0.1) is 0 Å². The first-order chi connectivity index (χ1) is 9.11. The molecule has 1 aliphatic carbocycles. The monoisotopic (exact) mass is 266 g/mol. The molecule has 1 N–H and O–H groups in total. The maximum atomic E-state index is 3.68. The van der Waals surface area contributed by atoms with Gasteiger partial charge in [-0.3, -0.25) is 4.90 Å². The summed E-state index contributed by atoms with van der Waals surface area (Å²) >= 11 is 0. The average Bonchev–Trinajstić information content (AvgIpc) is 2.87. The third-order valence-electron chi connectivity index (χ3n) is 5.24. The number of hydrogen-bond donors (Lipinski definition) is 1. The predicted octanol–water partition coefficient (Wildman–Crippen LogP) is 3.81. The summed E-state index contributed by atoms with van der Waals surface area (Å²) < 4.78 is 0. The van der Waals surface area contributed by atoms with Gasteiger partial charge in [-0.2, -0.15) is 0 Å². The summed E-state index contributed by atoms with van der Waals surface area (Å²) in [6.07, 6.45) is 11.1. The van der Waals surface area contributed by atoms with Crippen molar-refractivity contribution in [1.82, 2.24) is 10.2 Å². The zero-order valence-electron chi connectivity index (χ0n) is 13.4. The molecule has 19 heavy (non-hydrogen) atoms. The Hall–Kier alpha value is -0.0800. The van der Waals surface area contributed by atoms with Gasteiger partial charge in [0.05, 0.1) is 0 Å². The Labute approximate surface area is 120 Å². The van der Waals surface area contributed by atoms with E-state index in [9.17, 15) is 0 Å². The van der Waals surface area contributed by atoms with Gasteiger partial charge in [-0.25, -0.2) is 0 Å². The van der Waals surface area contributed by atoms with Gasteiger partial charge in [-0.1, -0.05) is 27.2 Å². The molecule has 1 atom stereocenters. The SMILES string of the molecule is CCCCN(CC1CCCN1)C1CCC(C)(C)CC1. The highest BCUT2D eigenvalue weighted by molar-refractivity contribution is 4.87. The van der Waals surface area contributed by atoms with Crippen LogP contribution in [0.25, 0.3) is 0 Å². The van der Waals surface area contributed by atoms with E-state index in [1.165, 1.54) is 71.0 Å². The fourth-order valence-corrected chi connectivity index (χ4v) is 3.73. The topological polar surface area (TPSA) is 15.3 Å². The smallest absolute Gasteiger partial charge is 0.0195 e. The van der Waals surface area contributed by atoms with Crippen LogP contribution in [0.2, 0.25) is 0 Å². The molecule has 1 unspecified atom stereocenters. The van der Waals surface area contributed by atoms with Gasteiger partial charge < -0.3 is 5.32 Å². The van der Waals surface area contributed by atoms with E-state index in [0.29, 0.717) is 5.41 Å². The molecule has 1 saturated heterocycles. The third-order valence-corrected chi connectivity index (χ3v) is 5.24. The van der Waals surface area contributed by atoms with Gasteiger partial charge in [-0.05, 0) is 63.5 Å². The number of nitrogens with one attached hydrogen (secondary N) is 1. The van der Waals surface area contributed by atoms with Crippen molar-refractivity contribution in [2.24, 2.45) is 5.41 Å². The van der Waals surface area contributed by atoms with Gasteiger partial charge in [0, 0.05) is 18.6 Å². The molecule has 1 aliphatic heterocycles. The Morgan fingerprint density at radius 3 is 2.47 bits per heavy atom. The van der Waals surface area contributed by atoms with Crippen LogP contribution in [0.3, 0.4) is 0 Å². The van der Waals surface area contributed by atoms with Crippen LogP contribution >= 0.6 is 0 Å². The Bertz CT molecular complexity index is 246. The van der Waals surface area contributed by atoms with Crippen molar-refractivity contribution in [3.05, 3.63) is 0 Å². The minimum atomic E-state index is 0.596. The molecule has 0 amide bonds. The molecule has 2 fully saturated rings. The van der Waals surface area contributed by atoms with Gasteiger partial charge in [0.2, 0.25) is 0 Å². The van der Waals surface area contributed by atoms with Crippen LogP contribution in [0, 0.1) is 5.41 Å². The van der Waals surface area contributed by atoms with Crippen LogP contribution in [0.4, 0.5) is 0 Å². The second kappa shape index (κ2) is 7.08. The highest BCUT2D eigenvalue weighted by Crippen LogP contribution is 2.37. The highest BCUT2D eigenvalue weighted by atomic mass is 15.2. The lowest BCUT2D eigenvalue weighted by Gasteiger charge is -2.41. The zero-order valence-corrected chi connectivity index (χ0v) is 13.4. The first-order valence-corrected chi connectivity index (χ1v) is 8.58. The first-order valence-electron chi connectivity index (χ1n) is 8.58. The van der Waals surface area contributed by atoms with Gasteiger partial charge in [0.25, 0.3) is 0 Å². The average molecular weight is 266 g/mol. The van der Waals surface area contributed by atoms with Crippen molar-refractivity contribution in [3.63, 3.8) is 0 Å². The fourth-order valence-electron chi connectivity index (χ4n) is 3.73.